The number of carboxylic acid groups (broad SMARTS) is 1. The van der Waals surface area contributed by atoms with E-state index in [-0.39, 0.29) is 24.4 Å². The summed E-state index contributed by atoms with van der Waals surface area (Å²) in [6.45, 7) is 3.62. The van der Waals surface area contributed by atoms with Gasteiger partial charge in [0.1, 0.15) is 6.10 Å². The van der Waals surface area contributed by atoms with E-state index in [2.05, 4.69) is 13.0 Å². The predicted molar refractivity (Wildman–Crippen MR) is 116 cm³/mol. The molecule has 0 aromatic carbocycles. The highest BCUT2D eigenvalue weighted by molar-refractivity contribution is 5.67. The number of rotatable bonds is 16. The van der Waals surface area contributed by atoms with Crippen molar-refractivity contribution in [3.8, 4) is 0 Å². The molecular weight excluding hydrogens is 368 g/mol. The van der Waals surface area contributed by atoms with Crippen LogP contribution in [-0.2, 0) is 14.3 Å². The number of hydrogen-bond donors (Lipinski definition) is 2. The number of hydrogen-bond acceptors (Lipinski definition) is 4. The van der Waals surface area contributed by atoms with Crippen LogP contribution in [0, 0.1) is 11.8 Å². The summed E-state index contributed by atoms with van der Waals surface area (Å²) in [7, 11) is 0. The van der Waals surface area contributed by atoms with E-state index in [1.807, 2.05) is 18.2 Å². The number of ether oxygens (including phenoxy) is 1. The molecule has 0 bridgehead atoms. The monoisotopic (exact) mass is 408 g/mol. The fourth-order valence-corrected chi connectivity index (χ4v) is 3.91. The third-order valence-corrected chi connectivity index (χ3v) is 5.71. The molecular formula is C24H40O5. The summed E-state index contributed by atoms with van der Waals surface area (Å²) in [5, 5.41) is 18.9. The molecule has 1 aliphatic rings. The highest BCUT2D eigenvalue weighted by Crippen LogP contribution is 2.40. The lowest BCUT2D eigenvalue weighted by molar-refractivity contribution is -0.152. The number of aliphatic carboxylic acids is 1. The number of carboxylic acids is 1. The van der Waals surface area contributed by atoms with E-state index in [0.29, 0.717) is 18.8 Å². The minimum atomic E-state index is -0.818. The average molecular weight is 409 g/mol. The van der Waals surface area contributed by atoms with Crippen LogP contribution in [0.15, 0.2) is 24.3 Å². The quantitative estimate of drug-likeness (QED) is 0.202. The topological polar surface area (TPSA) is 83.8 Å². The first-order chi connectivity index (χ1) is 13.9. The van der Waals surface area contributed by atoms with Gasteiger partial charge in [0, 0.05) is 19.3 Å². The minimum absolute atomic E-state index is 0.101. The van der Waals surface area contributed by atoms with E-state index in [1.54, 1.807) is 0 Å². The summed E-state index contributed by atoms with van der Waals surface area (Å²) in [4.78, 5) is 22.1. The number of aliphatic hydroxyl groups excluding tert-OH is 1. The summed E-state index contributed by atoms with van der Waals surface area (Å²) < 4.78 is 5.47. The van der Waals surface area contributed by atoms with Crippen molar-refractivity contribution in [2.24, 2.45) is 11.8 Å². The van der Waals surface area contributed by atoms with Gasteiger partial charge in [-0.3, -0.25) is 9.59 Å². The van der Waals surface area contributed by atoms with Crippen molar-refractivity contribution in [1.29, 1.82) is 0 Å². The molecule has 166 valence electrons. The zero-order valence-corrected chi connectivity index (χ0v) is 18.2. The Labute approximate surface area is 176 Å². The molecule has 0 aliphatic heterocycles. The van der Waals surface area contributed by atoms with Gasteiger partial charge in [0.05, 0.1) is 6.10 Å². The summed E-state index contributed by atoms with van der Waals surface area (Å²) in [5.74, 6) is -0.533. The first kappa shape index (κ1) is 25.4. The molecule has 1 saturated carbocycles. The Kier molecular flexibility index (Phi) is 13.4. The second kappa shape index (κ2) is 15.3. The lowest BCUT2D eigenvalue weighted by atomic mass is 9.69. The number of carbonyl (C=O) groups excluding carboxylic acids is 1. The minimum Gasteiger partial charge on any atom is -0.481 e. The van der Waals surface area contributed by atoms with Gasteiger partial charge in [-0.2, -0.15) is 0 Å². The average Bonchev–Trinajstić information content (AvgIpc) is 2.62. The van der Waals surface area contributed by atoms with Gasteiger partial charge < -0.3 is 14.9 Å². The van der Waals surface area contributed by atoms with Crippen LogP contribution >= 0.6 is 0 Å². The molecule has 2 unspecified atom stereocenters. The maximum absolute atomic E-state index is 11.4. The number of esters is 1. The van der Waals surface area contributed by atoms with Gasteiger partial charge >= 0.3 is 11.9 Å². The van der Waals surface area contributed by atoms with E-state index < -0.39 is 12.1 Å². The van der Waals surface area contributed by atoms with Gasteiger partial charge in [-0.05, 0) is 38.0 Å². The molecule has 5 heteroatoms. The molecule has 1 fully saturated rings. The van der Waals surface area contributed by atoms with E-state index in [4.69, 9.17) is 9.84 Å². The van der Waals surface area contributed by atoms with Crippen molar-refractivity contribution in [1.82, 2.24) is 0 Å². The van der Waals surface area contributed by atoms with Crippen LogP contribution in [0.25, 0.3) is 0 Å². The normalized spacial score (nSPS) is 21.2. The molecule has 4 atom stereocenters. The fourth-order valence-electron chi connectivity index (χ4n) is 3.91. The lowest BCUT2D eigenvalue weighted by Crippen LogP contribution is -2.37. The molecule has 1 rings (SSSR count). The van der Waals surface area contributed by atoms with Crippen molar-refractivity contribution in [2.45, 2.75) is 103 Å². The summed E-state index contributed by atoms with van der Waals surface area (Å²) >= 11 is 0. The molecule has 5 nitrogen and oxygen atoms in total. The second-order valence-electron chi connectivity index (χ2n) is 8.23. The predicted octanol–water partition coefficient (Wildman–Crippen LogP) is 5.42. The second-order valence-corrected chi connectivity index (χ2v) is 8.23. The number of allylic oxidation sites excluding steroid dienone is 3. The zero-order valence-electron chi connectivity index (χ0n) is 18.2. The van der Waals surface area contributed by atoms with Crippen LogP contribution in [0.4, 0.5) is 0 Å². The third-order valence-electron chi connectivity index (χ3n) is 5.71. The third kappa shape index (κ3) is 11.8. The Morgan fingerprint density at radius 3 is 2.38 bits per heavy atom. The van der Waals surface area contributed by atoms with Gasteiger partial charge in [-0.15, -0.1) is 0 Å². The molecule has 1 aliphatic carbocycles. The fraction of sp³-hybridized carbons (Fsp3) is 0.750. The summed E-state index contributed by atoms with van der Waals surface area (Å²) in [6.07, 6.45) is 18.6. The van der Waals surface area contributed by atoms with Gasteiger partial charge in [-0.25, -0.2) is 0 Å². The van der Waals surface area contributed by atoms with Crippen molar-refractivity contribution in [3.05, 3.63) is 24.3 Å². The number of unbranched alkanes of at least 4 members (excludes halogenated alkanes) is 5. The maximum Gasteiger partial charge on any atom is 0.303 e. The molecule has 0 aromatic rings. The van der Waals surface area contributed by atoms with Crippen LogP contribution in [0.2, 0.25) is 0 Å². The molecule has 2 N–H and O–H groups in total. The molecule has 0 heterocycles. The van der Waals surface area contributed by atoms with Gasteiger partial charge in [0.2, 0.25) is 0 Å². The van der Waals surface area contributed by atoms with Crippen molar-refractivity contribution in [2.75, 3.05) is 0 Å². The van der Waals surface area contributed by atoms with Crippen LogP contribution in [0.5, 0.6) is 0 Å². The Hall–Kier alpha value is -1.62. The first-order valence-electron chi connectivity index (χ1n) is 11.4. The van der Waals surface area contributed by atoms with Crippen molar-refractivity contribution in [3.63, 3.8) is 0 Å². The van der Waals surface area contributed by atoms with E-state index in [1.165, 1.54) is 39.0 Å². The maximum atomic E-state index is 11.4. The molecule has 29 heavy (non-hydrogen) atoms. The van der Waals surface area contributed by atoms with E-state index in [0.717, 1.165) is 25.7 Å². The van der Waals surface area contributed by atoms with Crippen LogP contribution < -0.4 is 0 Å². The lowest BCUT2D eigenvalue weighted by Gasteiger charge is -2.39. The SMILES string of the molecule is CCCCCCCCC(O)/C=C/C=C/[C@H]1CC[C@H]1C(CCCC(=O)O)OC(C)=O. The summed E-state index contributed by atoms with van der Waals surface area (Å²) in [6, 6.07) is 0. The first-order valence-corrected chi connectivity index (χ1v) is 11.4. The van der Waals surface area contributed by atoms with Crippen LogP contribution in [0.1, 0.15) is 90.9 Å². The van der Waals surface area contributed by atoms with Crippen molar-refractivity contribution < 1.29 is 24.5 Å². The number of aliphatic hydroxyl groups is 1. The molecule has 0 saturated heterocycles. The van der Waals surface area contributed by atoms with Crippen molar-refractivity contribution >= 4 is 11.9 Å². The molecule has 0 spiro atoms. The molecule has 0 aromatic heterocycles. The largest absolute Gasteiger partial charge is 0.481 e. The van der Waals surface area contributed by atoms with Crippen LogP contribution in [0.3, 0.4) is 0 Å². The van der Waals surface area contributed by atoms with Gasteiger partial charge in [0.15, 0.2) is 0 Å². The van der Waals surface area contributed by atoms with Gasteiger partial charge in [0.25, 0.3) is 0 Å². The smallest absolute Gasteiger partial charge is 0.303 e. The zero-order chi connectivity index (χ0) is 21.5. The Morgan fingerprint density at radius 1 is 1.03 bits per heavy atom. The molecule has 0 radical (unpaired) electrons. The highest BCUT2D eigenvalue weighted by Gasteiger charge is 2.36. The number of carbonyl (C=O) groups is 2. The molecule has 0 amide bonds. The Bertz CT molecular complexity index is 525. The summed E-state index contributed by atoms with van der Waals surface area (Å²) in [5.41, 5.74) is 0. The Morgan fingerprint density at radius 2 is 1.76 bits per heavy atom. The van der Waals surface area contributed by atoms with E-state index >= 15 is 0 Å². The Balaban J connectivity index is 2.35. The van der Waals surface area contributed by atoms with Crippen LogP contribution in [-0.4, -0.2) is 34.4 Å². The standard InChI is InChI=1S/C24H40O5/c1-3-4-5-6-7-8-13-21(26)14-10-9-12-20-17-18-22(20)23(29-19(2)25)15-11-16-24(27)28/h9-10,12,14,20-23,26H,3-8,11,13,15-18H2,1-2H3,(H,27,28)/b12-9+,14-10+/t20-,21?,22+,23?/m0/s1. The van der Waals surface area contributed by atoms with E-state index in [9.17, 15) is 14.7 Å². The van der Waals surface area contributed by atoms with Gasteiger partial charge in [-0.1, -0.05) is 69.8 Å². The highest BCUT2D eigenvalue weighted by atomic mass is 16.5.